The Hall–Kier alpha value is -0.170. The predicted octanol–water partition coefficient (Wildman–Crippen LogP) is -0.0330. The van der Waals surface area contributed by atoms with Gasteiger partial charge >= 0.3 is 0 Å². The average Bonchev–Trinajstić information content (AvgIpc) is 1.96. The molecule has 86 valence electrons. The Labute approximate surface area is 85.5 Å². The highest BCUT2D eigenvalue weighted by atomic mass is 32.2. The van der Waals surface area contributed by atoms with Crippen molar-refractivity contribution in [1.82, 2.24) is 4.90 Å². The van der Waals surface area contributed by atoms with Crippen LogP contribution in [0.25, 0.3) is 0 Å². The lowest BCUT2D eigenvalue weighted by Crippen LogP contribution is -2.34. The molecule has 0 saturated carbocycles. The molecule has 0 spiro atoms. The van der Waals surface area contributed by atoms with E-state index in [1.807, 2.05) is 11.9 Å². The number of rotatable bonds is 7. The molecule has 0 saturated heterocycles. The van der Waals surface area contributed by atoms with Gasteiger partial charge in [-0.05, 0) is 20.0 Å². The highest BCUT2D eigenvalue weighted by Gasteiger charge is 2.15. The number of likely N-dealkylation sites (N-methyl/N-ethyl adjacent to an activating group) is 1. The van der Waals surface area contributed by atoms with Crippen molar-refractivity contribution in [3.63, 3.8) is 0 Å². The lowest BCUT2D eigenvalue weighted by molar-refractivity contribution is 0.141. The van der Waals surface area contributed by atoms with E-state index in [9.17, 15) is 13.5 Å². The molecular weight excluding hydrogens is 206 g/mol. The number of hydrogen-bond donors (Lipinski definition) is 2. The zero-order chi connectivity index (χ0) is 11.2. The van der Waals surface area contributed by atoms with E-state index in [2.05, 4.69) is 6.92 Å². The highest BCUT2D eigenvalue weighted by molar-refractivity contribution is 7.85. The second-order valence-electron chi connectivity index (χ2n) is 3.52. The fourth-order valence-corrected chi connectivity index (χ4v) is 1.77. The van der Waals surface area contributed by atoms with Crippen LogP contribution in [0.3, 0.4) is 0 Å². The molecule has 0 aromatic heterocycles. The largest absolute Gasteiger partial charge is 0.391 e. The van der Waals surface area contributed by atoms with Crippen LogP contribution in [-0.2, 0) is 10.1 Å². The third-order valence-electron chi connectivity index (χ3n) is 1.82. The second kappa shape index (κ2) is 6.34. The van der Waals surface area contributed by atoms with Crippen molar-refractivity contribution in [1.29, 1.82) is 0 Å². The molecule has 0 radical (unpaired) electrons. The molecule has 6 heteroatoms. The lowest BCUT2D eigenvalue weighted by atomic mass is 10.3. The van der Waals surface area contributed by atoms with Gasteiger partial charge < -0.3 is 10.0 Å². The van der Waals surface area contributed by atoms with E-state index in [-0.39, 0.29) is 6.54 Å². The van der Waals surface area contributed by atoms with Crippen molar-refractivity contribution in [2.45, 2.75) is 25.9 Å². The number of aliphatic hydroxyl groups is 1. The summed E-state index contributed by atoms with van der Waals surface area (Å²) in [5.74, 6) is -0.594. The van der Waals surface area contributed by atoms with Gasteiger partial charge in [-0.15, -0.1) is 0 Å². The molecule has 0 heterocycles. The molecule has 0 amide bonds. The Bertz CT molecular complexity index is 240. The second-order valence-corrected chi connectivity index (χ2v) is 5.02. The number of nitrogens with zero attached hydrogens (tertiary/aromatic N) is 1. The van der Waals surface area contributed by atoms with Crippen LogP contribution in [0.15, 0.2) is 0 Å². The normalized spacial score (nSPS) is 14.6. The van der Waals surface area contributed by atoms with Crippen LogP contribution in [0.5, 0.6) is 0 Å². The molecule has 1 unspecified atom stereocenters. The van der Waals surface area contributed by atoms with Crippen LogP contribution in [-0.4, -0.2) is 55.0 Å². The van der Waals surface area contributed by atoms with Crippen LogP contribution in [0.1, 0.15) is 19.8 Å². The molecule has 0 rings (SSSR count). The minimum Gasteiger partial charge on any atom is -0.391 e. The van der Waals surface area contributed by atoms with Gasteiger partial charge in [0.05, 0.1) is 6.10 Å². The number of hydrogen-bond acceptors (Lipinski definition) is 4. The van der Waals surface area contributed by atoms with E-state index >= 15 is 0 Å². The highest BCUT2D eigenvalue weighted by Crippen LogP contribution is 1.96. The molecule has 0 aliphatic carbocycles. The maximum Gasteiger partial charge on any atom is 0.267 e. The smallest absolute Gasteiger partial charge is 0.267 e. The first kappa shape index (κ1) is 13.8. The first-order valence-electron chi connectivity index (χ1n) is 4.67. The van der Waals surface area contributed by atoms with E-state index in [1.54, 1.807) is 0 Å². The van der Waals surface area contributed by atoms with E-state index in [1.165, 1.54) is 0 Å². The molecule has 0 bridgehead atoms. The summed E-state index contributed by atoms with van der Waals surface area (Å²) >= 11 is 0. The molecule has 0 aromatic carbocycles. The standard InChI is InChI=1S/C8H19NO4S/c1-3-4-5-9(2)6-8(10)7-14(11,12)13/h8,10H,3-7H2,1-2H3,(H,11,12,13). The van der Waals surface area contributed by atoms with Gasteiger partial charge in [-0.25, -0.2) is 0 Å². The van der Waals surface area contributed by atoms with Crippen LogP contribution in [0, 0.1) is 0 Å². The topological polar surface area (TPSA) is 77.8 Å². The maximum absolute atomic E-state index is 10.4. The quantitative estimate of drug-likeness (QED) is 0.595. The van der Waals surface area contributed by atoms with Crippen molar-refractivity contribution in [2.75, 3.05) is 25.9 Å². The van der Waals surface area contributed by atoms with Gasteiger partial charge in [0.15, 0.2) is 0 Å². The van der Waals surface area contributed by atoms with Crippen molar-refractivity contribution in [3.8, 4) is 0 Å². The number of aliphatic hydroxyl groups excluding tert-OH is 1. The lowest BCUT2D eigenvalue weighted by Gasteiger charge is -2.19. The maximum atomic E-state index is 10.4. The molecule has 0 fully saturated rings. The third-order valence-corrected chi connectivity index (χ3v) is 2.62. The monoisotopic (exact) mass is 225 g/mol. The zero-order valence-corrected chi connectivity index (χ0v) is 9.50. The van der Waals surface area contributed by atoms with Crippen LogP contribution in [0.2, 0.25) is 0 Å². The van der Waals surface area contributed by atoms with E-state index in [0.29, 0.717) is 0 Å². The Balaban J connectivity index is 3.76. The van der Waals surface area contributed by atoms with Crippen LogP contribution in [0.4, 0.5) is 0 Å². The summed E-state index contributed by atoms with van der Waals surface area (Å²) in [5, 5.41) is 9.27. The van der Waals surface area contributed by atoms with Gasteiger partial charge in [0.1, 0.15) is 5.75 Å². The van der Waals surface area contributed by atoms with Crippen LogP contribution < -0.4 is 0 Å². The summed E-state index contributed by atoms with van der Waals surface area (Å²) in [6, 6.07) is 0. The summed E-state index contributed by atoms with van der Waals surface area (Å²) in [7, 11) is -2.26. The molecule has 14 heavy (non-hydrogen) atoms. The van der Waals surface area contributed by atoms with Gasteiger partial charge in [-0.3, -0.25) is 4.55 Å². The predicted molar refractivity (Wildman–Crippen MR) is 54.8 cm³/mol. The summed E-state index contributed by atoms with van der Waals surface area (Å²) in [6.07, 6.45) is 1.04. The first-order valence-corrected chi connectivity index (χ1v) is 6.28. The molecule has 0 aromatic rings. The van der Waals surface area contributed by atoms with Crippen LogP contribution >= 0.6 is 0 Å². The number of unbranched alkanes of at least 4 members (excludes halogenated alkanes) is 1. The average molecular weight is 225 g/mol. The van der Waals surface area contributed by atoms with E-state index < -0.39 is 22.0 Å². The minimum absolute atomic E-state index is 0.264. The van der Waals surface area contributed by atoms with Gasteiger partial charge in [0.25, 0.3) is 10.1 Å². The SMILES string of the molecule is CCCCN(C)CC(O)CS(=O)(=O)O. The fourth-order valence-electron chi connectivity index (χ4n) is 1.17. The Morgan fingerprint density at radius 3 is 2.43 bits per heavy atom. The molecule has 5 nitrogen and oxygen atoms in total. The van der Waals surface area contributed by atoms with Crippen molar-refractivity contribution in [3.05, 3.63) is 0 Å². The fraction of sp³-hybridized carbons (Fsp3) is 1.00. The van der Waals surface area contributed by atoms with E-state index in [4.69, 9.17) is 4.55 Å². The Kier molecular flexibility index (Phi) is 6.26. The summed E-state index contributed by atoms with van der Waals surface area (Å²) in [6.45, 7) is 3.14. The molecule has 2 N–H and O–H groups in total. The molecule has 0 aliphatic heterocycles. The Morgan fingerprint density at radius 2 is 2.00 bits per heavy atom. The van der Waals surface area contributed by atoms with E-state index in [0.717, 1.165) is 19.4 Å². The molecule has 1 atom stereocenters. The molecule has 0 aliphatic rings. The van der Waals surface area contributed by atoms with Crippen molar-refractivity contribution < 1.29 is 18.1 Å². The summed E-state index contributed by atoms with van der Waals surface area (Å²) < 4.78 is 29.3. The van der Waals surface area contributed by atoms with Gasteiger partial charge in [-0.2, -0.15) is 8.42 Å². The van der Waals surface area contributed by atoms with Crippen molar-refractivity contribution >= 4 is 10.1 Å². The van der Waals surface area contributed by atoms with Crippen molar-refractivity contribution in [2.24, 2.45) is 0 Å². The third kappa shape index (κ3) is 8.43. The van der Waals surface area contributed by atoms with Gasteiger partial charge in [0, 0.05) is 6.54 Å². The van der Waals surface area contributed by atoms with Gasteiger partial charge in [0.2, 0.25) is 0 Å². The van der Waals surface area contributed by atoms with Gasteiger partial charge in [-0.1, -0.05) is 13.3 Å². The molecular formula is C8H19NO4S. The summed E-state index contributed by atoms with van der Waals surface area (Å²) in [4.78, 5) is 1.85. The zero-order valence-electron chi connectivity index (χ0n) is 8.68. The Morgan fingerprint density at radius 1 is 1.43 bits per heavy atom. The summed E-state index contributed by atoms with van der Waals surface area (Å²) in [5.41, 5.74) is 0. The minimum atomic E-state index is -4.07. The first-order chi connectivity index (χ1) is 6.35.